The zero-order chi connectivity index (χ0) is 85.0. The molecule has 5 aromatic heterocycles. The molecule has 0 spiro atoms. The van der Waals surface area contributed by atoms with Crippen LogP contribution in [0.3, 0.4) is 0 Å². The molecule has 10 aromatic carbocycles. The molecule has 0 radical (unpaired) electrons. The third-order valence-corrected chi connectivity index (χ3v) is 18.2. The summed E-state index contributed by atoms with van der Waals surface area (Å²) in [4.78, 5) is 41.3. The van der Waals surface area contributed by atoms with Crippen LogP contribution in [0.1, 0.15) is 48.6 Å². The van der Waals surface area contributed by atoms with Crippen molar-refractivity contribution in [3.8, 4) is 28.7 Å². The summed E-state index contributed by atoms with van der Waals surface area (Å²) in [5.41, 5.74) is 18.0. The zero-order valence-corrected chi connectivity index (χ0v) is 68.7. The van der Waals surface area contributed by atoms with E-state index in [1.807, 2.05) is 164 Å². The number of benzene rings is 10. The van der Waals surface area contributed by atoms with Gasteiger partial charge in [-0.2, -0.15) is 33.3 Å². The summed E-state index contributed by atoms with van der Waals surface area (Å²) in [6.45, 7) is 10.1. The van der Waals surface area contributed by atoms with Gasteiger partial charge in [-0.3, -0.25) is 4.55 Å². The predicted octanol–water partition coefficient (Wildman–Crippen LogP) is 19.3. The summed E-state index contributed by atoms with van der Waals surface area (Å²) in [5, 5.41) is 12.1. The molecule has 1 amide bonds. The van der Waals surface area contributed by atoms with Gasteiger partial charge in [-0.1, -0.05) is 139 Å². The quantitative estimate of drug-likeness (QED) is 0.0408. The number of anilines is 4. The number of aryl methyl sites for hydroxylation is 1. The van der Waals surface area contributed by atoms with E-state index in [1.165, 1.54) is 28.8 Å². The second-order valence-corrected chi connectivity index (χ2v) is 29.6. The fourth-order valence-electron chi connectivity index (χ4n) is 11.1. The van der Waals surface area contributed by atoms with E-state index in [1.54, 1.807) is 114 Å². The van der Waals surface area contributed by atoms with Gasteiger partial charge in [0, 0.05) is 109 Å². The molecule has 0 saturated heterocycles. The number of phenolic OH excluding ortho intramolecular Hbond substituents is 1. The van der Waals surface area contributed by atoms with Gasteiger partial charge in [0.15, 0.2) is 27.9 Å². The summed E-state index contributed by atoms with van der Waals surface area (Å²) < 4.78 is 110. The number of amides is 1. The fourth-order valence-corrected chi connectivity index (χ4v) is 11.7. The number of hydrogen-bond donors (Lipinski definition) is 4. The molecule has 0 atom stereocenters. The van der Waals surface area contributed by atoms with E-state index in [4.69, 9.17) is 67.7 Å². The molecule has 26 nitrogen and oxygen atoms in total. The second kappa shape index (κ2) is 42.4. The van der Waals surface area contributed by atoms with Gasteiger partial charge >= 0.3 is 6.09 Å². The number of carbonyl (C=O) groups is 1. The number of nitrogens with two attached hydrogens (primary N) is 1. The highest BCUT2D eigenvalue weighted by Gasteiger charge is 2.20. The number of rotatable bonds is 24. The van der Waals surface area contributed by atoms with Gasteiger partial charge in [-0.05, 0) is 134 Å². The molecule has 15 rings (SSSR count). The number of ether oxygens (including phenoxy) is 5. The van der Waals surface area contributed by atoms with Crippen molar-refractivity contribution >= 4 is 107 Å². The van der Waals surface area contributed by atoms with E-state index >= 15 is 0 Å². The van der Waals surface area contributed by atoms with Gasteiger partial charge in [0.2, 0.25) is 0 Å². The number of hydrogen-bond acceptors (Lipinski definition) is 24. The summed E-state index contributed by atoms with van der Waals surface area (Å²) in [5.74, 6) is 2.76. The van der Waals surface area contributed by atoms with Crippen LogP contribution >= 0.6 is 11.6 Å². The van der Waals surface area contributed by atoms with E-state index in [9.17, 15) is 27.1 Å². The molecule has 0 fully saturated rings. The van der Waals surface area contributed by atoms with E-state index < -0.39 is 21.8 Å². The molecule has 620 valence electrons. The second-order valence-electron chi connectivity index (χ2n) is 27.9. The Morgan fingerprint density at radius 1 is 0.479 bits per heavy atom. The van der Waals surface area contributed by atoms with Crippen LogP contribution in [0.5, 0.6) is 28.7 Å². The number of aromatic nitrogens is 5. The molecule has 15 aromatic rings. The van der Waals surface area contributed by atoms with Crippen LogP contribution < -0.4 is 49.6 Å². The smallest absolute Gasteiger partial charge is 0.407 e. The minimum absolute atomic E-state index is 0.0234. The lowest BCUT2D eigenvalue weighted by Crippen LogP contribution is -2.34. The van der Waals surface area contributed by atoms with Crippen LogP contribution in [0, 0.1) is 6.92 Å². The Kier molecular flexibility index (Phi) is 31.3. The number of fused-ring (bicyclic) bond motifs is 5. The van der Waals surface area contributed by atoms with Crippen molar-refractivity contribution in [1.29, 1.82) is 0 Å². The molecule has 5 N–H and O–H groups in total. The lowest BCUT2D eigenvalue weighted by molar-refractivity contribution is 0.0531. The fraction of sp³-hybridized carbons (Fsp3) is 0.213. The maximum absolute atomic E-state index is 13.2. The van der Waals surface area contributed by atoms with Gasteiger partial charge in [0.05, 0.1) is 31.8 Å². The first-order valence-electron chi connectivity index (χ1n) is 37.2. The Balaban J connectivity index is 0.000000155. The highest BCUT2D eigenvalue weighted by Crippen LogP contribution is 2.32. The van der Waals surface area contributed by atoms with Gasteiger partial charge in [-0.25, -0.2) is 13.6 Å². The Labute approximate surface area is 692 Å². The number of nitrogens with one attached hydrogen (secondary N) is 1. The Morgan fingerprint density at radius 3 is 1.15 bits per heavy atom. The molecule has 0 bridgehead atoms. The van der Waals surface area contributed by atoms with E-state index in [0.29, 0.717) is 94.7 Å². The molecule has 30 heteroatoms. The van der Waals surface area contributed by atoms with Gasteiger partial charge in [0.25, 0.3) is 39.5 Å². The van der Waals surface area contributed by atoms with Crippen LogP contribution in [-0.4, -0.2) is 123 Å². The summed E-state index contributed by atoms with van der Waals surface area (Å²) in [6, 6.07) is 75.1. The normalized spacial score (nSPS) is 11.3. The SMILES string of the molecule is CN(Cc1ccccc1)c1nc2ccc(O)cc2o1.CN(Cc1ccccc1)c1nc2ccc(OC/C(=C/F)CN)cc2o1.CN(Cc1ccccc1)c1nc2ccc(OC/C(=C/F)CNC(=O)OC(C)(C)C)cc2o1.COc1ccc2nc(Cl)oc2c1.COc1ccc2nc(N(C)Cc3ccccc3)oc2c1.Cc1ccc(S(=O)(=O)O)cc1. The molecular weight excluding hydrogens is 1570 g/mol. The van der Waals surface area contributed by atoms with Crippen LogP contribution in [0.2, 0.25) is 5.35 Å². The molecule has 119 heavy (non-hydrogen) atoms. The molecule has 0 saturated carbocycles. The van der Waals surface area contributed by atoms with Crippen LogP contribution in [0.4, 0.5) is 37.6 Å². The number of aromatic hydroxyl groups is 1. The van der Waals surface area contributed by atoms with Crippen molar-refractivity contribution in [1.82, 2.24) is 30.2 Å². The Morgan fingerprint density at radius 2 is 0.807 bits per heavy atom. The largest absolute Gasteiger partial charge is 0.508 e. The average Bonchev–Trinajstić information content (AvgIpc) is 1.69. The van der Waals surface area contributed by atoms with E-state index in [-0.39, 0.29) is 47.9 Å². The van der Waals surface area contributed by atoms with Crippen molar-refractivity contribution in [2.45, 2.75) is 64.4 Å². The summed E-state index contributed by atoms with van der Waals surface area (Å²) in [6.07, 6.45) is 0.275. The van der Waals surface area contributed by atoms with Crippen molar-refractivity contribution in [3.63, 3.8) is 0 Å². The summed E-state index contributed by atoms with van der Waals surface area (Å²) in [7, 11) is 6.94. The molecule has 0 aliphatic heterocycles. The maximum Gasteiger partial charge on any atom is 0.407 e. The highest BCUT2D eigenvalue weighted by atomic mass is 35.5. The Hall–Kier alpha value is -13.5. The third-order valence-electron chi connectivity index (χ3n) is 17.2. The first-order valence-corrected chi connectivity index (χ1v) is 39.0. The van der Waals surface area contributed by atoms with Gasteiger partial charge < -0.3 is 81.5 Å². The molecular formula is C89H92ClF2N11O15S. The lowest BCUT2D eigenvalue weighted by atomic mass is 10.2. The Bertz CT molecular complexity index is 5910. The first kappa shape index (κ1) is 87.9. The third kappa shape index (κ3) is 27.1. The molecule has 0 aliphatic carbocycles. The summed E-state index contributed by atoms with van der Waals surface area (Å²) >= 11 is 5.56. The number of methoxy groups -OCH3 is 2. The number of carbonyl (C=O) groups excluding carboxylic acids is 1. The monoisotopic (exact) mass is 1660 g/mol. The number of halogens is 3. The van der Waals surface area contributed by atoms with Crippen LogP contribution in [-0.2, 0) is 41.0 Å². The van der Waals surface area contributed by atoms with Gasteiger partial charge in [0.1, 0.15) is 75.1 Å². The average molecular weight is 1660 g/mol. The van der Waals surface area contributed by atoms with Gasteiger partial charge in [-0.15, -0.1) is 0 Å². The van der Waals surface area contributed by atoms with Crippen molar-refractivity contribution < 1.29 is 77.4 Å². The topological polar surface area (TPSA) is 319 Å². The zero-order valence-electron chi connectivity index (χ0n) is 67.2. The van der Waals surface area contributed by atoms with Crippen LogP contribution in [0.25, 0.3) is 55.5 Å². The molecule has 5 heterocycles. The van der Waals surface area contributed by atoms with E-state index in [0.717, 1.165) is 63.4 Å². The van der Waals surface area contributed by atoms with Crippen LogP contribution in [0.15, 0.2) is 287 Å². The maximum atomic E-state index is 13.2. The van der Waals surface area contributed by atoms with E-state index in [2.05, 4.69) is 66.6 Å². The molecule has 0 unspecified atom stereocenters. The van der Waals surface area contributed by atoms with Crippen molar-refractivity contribution in [2.75, 3.05) is 88.3 Å². The molecule has 0 aliphatic rings. The standard InChI is InChI=1S/C24H28FN3O4.C19H20FN3O2.C16H16N2O2.C15H14N2O2.C8H6ClNO2.C7H8O3S/c1-24(2,3)32-23(29)26-14-18(13-25)16-30-19-10-11-20-21(12-19)31-22(27-20)28(4)15-17-8-6-5-7-9-17;1-23(12-14-5-3-2-4-6-14)19-22-17-8-7-16(9-18(17)25-19)24-13-15(10-20)11-21;1-18(11-12-6-4-3-5-7-12)16-17-14-9-8-13(19-2)10-15(14)20-16;1-17(10-11-5-3-2-4-6-11)15-16-13-8-7-12(18)9-14(13)19-15;1-11-5-2-3-6-7(4-5)12-8(9)10-6;1-6-2-4-7(5-3-6)11(8,9)10/h5-13H,14-16H2,1-4H3,(H,26,29);2-10H,11-13,21H2,1H3;3-10H,11H2,1-2H3;2-9,18H,10H2,1H3;2-4H,1H3;2-5H,1H3,(H,8,9,10)/b18-13+;15-10+;;;;. The lowest BCUT2D eigenvalue weighted by Gasteiger charge is -2.20. The van der Waals surface area contributed by atoms with Crippen molar-refractivity contribution in [2.24, 2.45) is 5.73 Å². The number of phenols is 1. The predicted molar refractivity (Wildman–Crippen MR) is 458 cm³/mol. The number of nitrogens with zero attached hydrogens (tertiary/aromatic N) is 9. The number of oxazole rings is 5. The number of alkyl carbamates (subject to hydrolysis) is 1. The minimum atomic E-state index is -4.02. The van der Waals surface area contributed by atoms with Crippen molar-refractivity contribution in [3.05, 3.63) is 294 Å². The minimum Gasteiger partial charge on any atom is -0.508 e. The first-order chi connectivity index (χ1) is 57.2. The highest BCUT2D eigenvalue weighted by molar-refractivity contribution is 7.85.